The minimum Gasteiger partial charge on any atom is -0.302 e. The van der Waals surface area contributed by atoms with E-state index in [9.17, 15) is 14.4 Å². The molecule has 132 valence electrons. The van der Waals surface area contributed by atoms with Gasteiger partial charge in [0.2, 0.25) is 0 Å². The van der Waals surface area contributed by atoms with Crippen LogP contribution < -0.4 is 5.32 Å². The summed E-state index contributed by atoms with van der Waals surface area (Å²) >= 11 is 0. The van der Waals surface area contributed by atoms with E-state index in [1.54, 1.807) is 6.92 Å². The standard InChI is InChI=1S/C18H32N2O3/c1-6-17(4,14(3)22)19-12-16(23)18(5,7-2)20-11-9-8-10-15(20)13-21/h13,15,19H,6-12H2,1-5H3. The van der Waals surface area contributed by atoms with E-state index in [-0.39, 0.29) is 24.2 Å². The number of nitrogens with zero attached hydrogens (tertiary/aromatic N) is 1. The van der Waals surface area contributed by atoms with Crippen molar-refractivity contribution in [1.29, 1.82) is 0 Å². The molecule has 23 heavy (non-hydrogen) atoms. The van der Waals surface area contributed by atoms with Gasteiger partial charge in [0.05, 0.1) is 23.7 Å². The second-order valence-electron chi connectivity index (χ2n) is 7.04. The number of nitrogens with one attached hydrogen (secondary N) is 1. The van der Waals surface area contributed by atoms with Crippen LogP contribution in [0.5, 0.6) is 0 Å². The molecule has 5 nitrogen and oxygen atoms in total. The molecule has 1 rings (SSSR count). The van der Waals surface area contributed by atoms with Gasteiger partial charge in [0, 0.05) is 0 Å². The van der Waals surface area contributed by atoms with Crippen LogP contribution >= 0.6 is 0 Å². The van der Waals surface area contributed by atoms with Crippen molar-refractivity contribution in [3.8, 4) is 0 Å². The molecule has 5 heteroatoms. The second kappa shape index (κ2) is 8.15. The van der Waals surface area contributed by atoms with Crippen LogP contribution in [0, 0.1) is 0 Å². The molecule has 1 aliphatic rings. The van der Waals surface area contributed by atoms with E-state index in [2.05, 4.69) is 10.2 Å². The largest absolute Gasteiger partial charge is 0.302 e. The van der Waals surface area contributed by atoms with Gasteiger partial charge >= 0.3 is 0 Å². The zero-order valence-corrected chi connectivity index (χ0v) is 15.3. The molecule has 3 unspecified atom stereocenters. The first kappa shape index (κ1) is 20.0. The number of aldehydes is 1. The van der Waals surface area contributed by atoms with Crippen molar-refractivity contribution in [2.24, 2.45) is 0 Å². The molecule has 0 aromatic heterocycles. The topological polar surface area (TPSA) is 66.5 Å². The summed E-state index contributed by atoms with van der Waals surface area (Å²) in [6.07, 6.45) is 5.13. The van der Waals surface area contributed by atoms with E-state index < -0.39 is 11.1 Å². The van der Waals surface area contributed by atoms with Gasteiger partial charge in [-0.1, -0.05) is 20.3 Å². The molecule has 0 spiro atoms. The highest BCUT2D eigenvalue weighted by Crippen LogP contribution is 2.28. The zero-order chi connectivity index (χ0) is 17.7. The summed E-state index contributed by atoms with van der Waals surface area (Å²) in [5, 5.41) is 3.14. The number of carbonyl (C=O) groups excluding carboxylic acids is 3. The summed E-state index contributed by atoms with van der Waals surface area (Å²) in [7, 11) is 0. The highest BCUT2D eigenvalue weighted by Gasteiger charge is 2.42. The van der Waals surface area contributed by atoms with Crippen LogP contribution in [0.15, 0.2) is 0 Å². The molecule has 0 amide bonds. The summed E-state index contributed by atoms with van der Waals surface area (Å²) in [4.78, 5) is 38.2. The lowest BCUT2D eigenvalue weighted by molar-refractivity contribution is -0.135. The Labute approximate surface area is 140 Å². The first-order valence-corrected chi connectivity index (χ1v) is 8.76. The first-order chi connectivity index (χ1) is 10.7. The summed E-state index contributed by atoms with van der Waals surface area (Å²) in [6.45, 7) is 10.2. The maximum absolute atomic E-state index is 12.9. The lowest BCUT2D eigenvalue weighted by Crippen LogP contribution is -2.61. The van der Waals surface area contributed by atoms with Crippen molar-refractivity contribution >= 4 is 17.9 Å². The molecule has 0 radical (unpaired) electrons. The van der Waals surface area contributed by atoms with Gasteiger partial charge in [-0.15, -0.1) is 0 Å². The van der Waals surface area contributed by atoms with Crippen LogP contribution in [0.4, 0.5) is 0 Å². The van der Waals surface area contributed by atoms with Gasteiger partial charge in [-0.25, -0.2) is 0 Å². The Hall–Kier alpha value is -1.07. The van der Waals surface area contributed by atoms with Crippen molar-refractivity contribution in [3.05, 3.63) is 0 Å². The lowest BCUT2D eigenvalue weighted by atomic mass is 9.85. The molecular formula is C18H32N2O3. The fourth-order valence-electron chi connectivity index (χ4n) is 3.24. The minimum absolute atomic E-state index is 0.0368. The van der Waals surface area contributed by atoms with E-state index in [4.69, 9.17) is 0 Å². The van der Waals surface area contributed by atoms with Gasteiger partial charge in [-0.05, 0) is 53.0 Å². The van der Waals surface area contributed by atoms with Crippen LogP contribution in [0.25, 0.3) is 0 Å². The molecule has 0 aromatic carbocycles. The monoisotopic (exact) mass is 324 g/mol. The maximum Gasteiger partial charge on any atom is 0.166 e. The van der Waals surface area contributed by atoms with Crippen molar-refractivity contribution < 1.29 is 14.4 Å². The SMILES string of the molecule is CCC(C)(NCC(=O)C(C)(CC)N1CCCCC1C=O)C(C)=O. The number of piperidine rings is 1. The molecule has 1 fully saturated rings. The predicted molar refractivity (Wildman–Crippen MR) is 91.5 cm³/mol. The molecule has 0 aliphatic carbocycles. The summed E-state index contributed by atoms with van der Waals surface area (Å²) in [5.74, 6) is 0.0874. The summed E-state index contributed by atoms with van der Waals surface area (Å²) < 4.78 is 0. The second-order valence-corrected chi connectivity index (χ2v) is 7.04. The highest BCUT2D eigenvalue weighted by molar-refractivity contribution is 5.91. The fraction of sp³-hybridized carbons (Fsp3) is 0.833. The average Bonchev–Trinajstić information content (AvgIpc) is 2.58. The zero-order valence-electron chi connectivity index (χ0n) is 15.3. The number of ketones is 2. The predicted octanol–water partition coefficient (Wildman–Crippen LogP) is 2.12. The molecule has 1 N–H and O–H groups in total. The number of carbonyl (C=O) groups is 3. The third kappa shape index (κ3) is 4.27. The van der Waals surface area contributed by atoms with E-state index in [1.807, 2.05) is 27.7 Å². The third-order valence-corrected chi connectivity index (χ3v) is 5.75. The van der Waals surface area contributed by atoms with E-state index in [0.29, 0.717) is 12.8 Å². The van der Waals surface area contributed by atoms with Gasteiger partial charge in [0.1, 0.15) is 12.1 Å². The van der Waals surface area contributed by atoms with Gasteiger partial charge in [0.25, 0.3) is 0 Å². The van der Waals surface area contributed by atoms with Crippen molar-refractivity contribution in [3.63, 3.8) is 0 Å². The summed E-state index contributed by atoms with van der Waals surface area (Å²) in [5.41, 5.74) is -1.33. The maximum atomic E-state index is 12.9. The molecule has 1 heterocycles. The minimum atomic E-state index is -0.670. The lowest BCUT2D eigenvalue weighted by Gasteiger charge is -2.45. The Bertz CT molecular complexity index is 452. The summed E-state index contributed by atoms with van der Waals surface area (Å²) in [6, 6.07) is -0.178. The Morgan fingerprint density at radius 3 is 2.35 bits per heavy atom. The van der Waals surface area contributed by atoms with Crippen LogP contribution in [0.2, 0.25) is 0 Å². The molecule has 3 atom stereocenters. The quantitative estimate of drug-likeness (QED) is 0.658. The Balaban J connectivity index is 2.88. The number of likely N-dealkylation sites (tertiary alicyclic amines) is 1. The van der Waals surface area contributed by atoms with Crippen molar-refractivity contribution in [2.75, 3.05) is 13.1 Å². The van der Waals surface area contributed by atoms with Gasteiger partial charge in [0.15, 0.2) is 5.78 Å². The average molecular weight is 324 g/mol. The number of hydrogen-bond donors (Lipinski definition) is 1. The van der Waals surface area contributed by atoms with Crippen molar-refractivity contribution in [1.82, 2.24) is 10.2 Å². The van der Waals surface area contributed by atoms with Crippen LogP contribution in [0.3, 0.4) is 0 Å². The van der Waals surface area contributed by atoms with Crippen LogP contribution in [0.1, 0.15) is 66.7 Å². The fourth-order valence-corrected chi connectivity index (χ4v) is 3.24. The molecular weight excluding hydrogens is 292 g/mol. The molecule has 1 aliphatic heterocycles. The number of Topliss-reactive ketones (excluding diaryl/α,β-unsaturated/α-hetero) is 2. The first-order valence-electron chi connectivity index (χ1n) is 8.76. The molecule has 0 saturated carbocycles. The third-order valence-electron chi connectivity index (χ3n) is 5.75. The highest BCUT2D eigenvalue weighted by atomic mass is 16.1. The molecule has 0 aromatic rings. The van der Waals surface area contributed by atoms with Gasteiger partial charge in [-0.2, -0.15) is 0 Å². The molecule has 1 saturated heterocycles. The molecule has 0 bridgehead atoms. The Morgan fingerprint density at radius 1 is 1.22 bits per heavy atom. The van der Waals surface area contributed by atoms with E-state index in [0.717, 1.165) is 32.1 Å². The number of rotatable bonds is 9. The van der Waals surface area contributed by atoms with Crippen molar-refractivity contribution in [2.45, 2.75) is 83.8 Å². The van der Waals surface area contributed by atoms with E-state index in [1.165, 1.54) is 0 Å². The Morgan fingerprint density at radius 2 is 1.87 bits per heavy atom. The van der Waals surface area contributed by atoms with Crippen LogP contribution in [-0.4, -0.2) is 53.0 Å². The number of hydrogen-bond acceptors (Lipinski definition) is 5. The normalized spacial score (nSPS) is 24.5. The van der Waals surface area contributed by atoms with Gasteiger partial charge < -0.3 is 4.79 Å². The van der Waals surface area contributed by atoms with Crippen LogP contribution in [-0.2, 0) is 14.4 Å². The van der Waals surface area contributed by atoms with Gasteiger partial charge in [-0.3, -0.25) is 19.8 Å². The van der Waals surface area contributed by atoms with E-state index >= 15 is 0 Å². The Kier molecular flexibility index (Phi) is 7.08. The smallest absolute Gasteiger partial charge is 0.166 e.